The first-order valence-electron chi connectivity index (χ1n) is 7.35. The minimum Gasteiger partial charge on any atom is -0.497 e. The number of ether oxygens (including phenoxy) is 1. The quantitative estimate of drug-likeness (QED) is 0.907. The Morgan fingerprint density at radius 1 is 1.50 bits per heavy atom. The molecule has 1 aliphatic carbocycles. The Hall–Kier alpha value is -1.55. The molecule has 3 atom stereocenters. The van der Waals surface area contributed by atoms with Gasteiger partial charge < -0.3 is 15.4 Å². The van der Waals surface area contributed by atoms with Gasteiger partial charge in [0.15, 0.2) is 0 Å². The van der Waals surface area contributed by atoms with Crippen molar-refractivity contribution in [2.24, 2.45) is 17.6 Å². The van der Waals surface area contributed by atoms with Crippen molar-refractivity contribution in [3.63, 3.8) is 0 Å². The Balaban J connectivity index is 1.62. The van der Waals surface area contributed by atoms with Gasteiger partial charge in [0.05, 0.1) is 7.11 Å². The van der Waals surface area contributed by atoms with E-state index in [9.17, 15) is 4.79 Å². The van der Waals surface area contributed by atoms with Crippen LogP contribution >= 0.6 is 0 Å². The van der Waals surface area contributed by atoms with Crippen molar-refractivity contribution < 1.29 is 9.53 Å². The highest BCUT2D eigenvalue weighted by molar-refractivity contribution is 5.83. The fourth-order valence-electron chi connectivity index (χ4n) is 3.17. The van der Waals surface area contributed by atoms with Crippen molar-refractivity contribution in [1.82, 2.24) is 4.90 Å². The highest BCUT2D eigenvalue weighted by Gasteiger charge is 2.46. The molecule has 4 heteroatoms. The molecule has 1 aromatic rings. The summed E-state index contributed by atoms with van der Waals surface area (Å²) in [4.78, 5) is 14.5. The second-order valence-electron chi connectivity index (χ2n) is 5.90. The number of likely N-dealkylation sites (tertiary alicyclic amines) is 1. The van der Waals surface area contributed by atoms with Gasteiger partial charge in [0, 0.05) is 19.0 Å². The lowest BCUT2D eigenvalue weighted by Crippen LogP contribution is -2.31. The molecular formula is C16H22N2O2. The summed E-state index contributed by atoms with van der Waals surface area (Å²) in [5.74, 6) is 2.21. The predicted molar refractivity (Wildman–Crippen MR) is 77.6 cm³/mol. The summed E-state index contributed by atoms with van der Waals surface area (Å²) >= 11 is 0. The van der Waals surface area contributed by atoms with Crippen molar-refractivity contribution in [3.8, 4) is 5.75 Å². The zero-order valence-corrected chi connectivity index (χ0v) is 11.9. The number of rotatable bonds is 4. The Bertz CT molecular complexity index is 503. The van der Waals surface area contributed by atoms with Crippen molar-refractivity contribution in [2.75, 3.05) is 26.7 Å². The van der Waals surface area contributed by atoms with E-state index >= 15 is 0 Å². The molecule has 108 valence electrons. The zero-order valence-electron chi connectivity index (χ0n) is 11.9. The summed E-state index contributed by atoms with van der Waals surface area (Å²) in [7, 11) is 1.67. The van der Waals surface area contributed by atoms with Gasteiger partial charge in [0.25, 0.3) is 0 Å². The van der Waals surface area contributed by atoms with Gasteiger partial charge in [-0.15, -0.1) is 0 Å². The van der Waals surface area contributed by atoms with Crippen LogP contribution in [0.3, 0.4) is 0 Å². The van der Waals surface area contributed by atoms with Crippen LogP contribution < -0.4 is 10.5 Å². The van der Waals surface area contributed by atoms with Crippen LogP contribution in [0.4, 0.5) is 0 Å². The smallest absolute Gasteiger partial charge is 0.226 e. The number of carbonyl (C=O) groups is 1. The number of carbonyl (C=O) groups excluding carboxylic acids is 1. The van der Waals surface area contributed by atoms with Crippen LogP contribution in [0, 0.1) is 11.8 Å². The van der Waals surface area contributed by atoms with E-state index in [1.165, 1.54) is 5.56 Å². The van der Waals surface area contributed by atoms with Gasteiger partial charge in [-0.1, -0.05) is 12.1 Å². The van der Waals surface area contributed by atoms with Crippen molar-refractivity contribution in [2.45, 2.75) is 18.8 Å². The second-order valence-corrected chi connectivity index (χ2v) is 5.90. The van der Waals surface area contributed by atoms with Crippen molar-refractivity contribution in [1.29, 1.82) is 0 Å². The lowest BCUT2D eigenvalue weighted by Gasteiger charge is -2.16. The van der Waals surface area contributed by atoms with Gasteiger partial charge in [0.1, 0.15) is 5.75 Å². The first kappa shape index (κ1) is 13.4. The first-order chi connectivity index (χ1) is 9.72. The lowest BCUT2D eigenvalue weighted by molar-refractivity contribution is -0.131. The van der Waals surface area contributed by atoms with E-state index in [-0.39, 0.29) is 5.92 Å². The van der Waals surface area contributed by atoms with Crippen LogP contribution in [0.1, 0.15) is 24.3 Å². The third kappa shape index (κ3) is 2.52. The number of hydrogen-bond donors (Lipinski definition) is 1. The number of nitrogens with zero attached hydrogens (tertiary/aromatic N) is 1. The summed E-state index contributed by atoms with van der Waals surface area (Å²) in [6.07, 6.45) is 2.02. The molecule has 1 amide bonds. The molecule has 0 aromatic heterocycles. The molecular weight excluding hydrogens is 252 g/mol. The minimum absolute atomic E-state index is 0.165. The van der Waals surface area contributed by atoms with Gasteiger partial charge >= 0.3 is 0 Å². The molecule has 4 nitrogen and oxygen atoms in total. The molecule has 0 spiro atoms. The fourth-order valence-corrected chi connectivity index (χ4v) is 3.17. The summed E-state index contributed by atoms with van der Waals surface area (Å²) < 4.78 is 5.25. The monoisotopic (exact) mass is 274 g/mol. The Morgan fingerprint density at radius 2 is 2.35 bits per heavy atom. The molecule has 1 saturated carbocycles. The van der Waals surface area contributed by atoms with Gasteiger partial charge in [-0.05, 0) is 48.9 Å². The molecule has 3 rings (SSSR count). The van der Waals surface area contributed by atoms with Crippen LogP contribution in [-0.4, -0.2) is 37.6 Å². The summed E-state index contributed by atoms with van der Waals surface area (Å²) in [6, 6.07) is 8.07. The molecule has 1 aromatic carbocycles. The third-order valence-electron chi connectivity index (χ3n) is 4.56. The van der Waals surface area contributed by atoms with Gasteiger partial charge in [-0.2, -0.15) is 0 Å². The number of hydrogen-bond acceptors (Lipinski definition) is 3. The minimum atomic E-state index is 0.165. The standard InChI is InChI=1S/C16H22N2O2/c1-20-13-4-2-3-12(7-13)14-8-15(14)16(19)18-6-5-11(9-17)10-18/h2-4,7,11,14-15H,5-6,8-10,17H2,1H3. The number of amides is 1. The fraction of sp³-hybridized carbons (Fsp3) is 0.562. The van der Waals surface area contributed by atoms with Gasteiger partial charge in [0.2, 0.25) is 5.91 Å². The topological polar surface area (TPSA) is 55.6 Å². The number of nitrogens with two attached hydrogens (primary N) is 1. The predicted octanol–water partition coefficient (Wildman–Crippen LogP) is 1.61. The molecule has 20 heavy (non-hydrogen) atoms. The first-order valence-corrected chi connectivity index (χ1v) is 7.35. The van der Waals surface area contributed by atoms with Crippen molar-refractivity contribution in [3.05, 3.63) is 29.8 Å². The molecule has 1 saturated heterocycles. The Labute approximate surface area is 119 Å². The lowest BCUT2D eigenvalue weighted by atomic mass is 10.1. The van der Waals surface area contributed by atoms with E-state index in [1.807, 2.05) is 23.1 Å². The van der Waals surface area contributed by atoms with Crippen LogP contribution in [0.5, 0.6) is 5.75 Å². The van der Waals surface area contributed by atoms with E-state index in [0.29, 0.717) is 24.3 Å². The average molecular weight is 274 g/mol. The zero-order chi connectivity index (χ0) is 14.1. The van der Waals surface area contributed by atoms with Crippen LogP contribution in [0.2, 0.25) is 0 Å². The van der Waals surface area contributed by atoms with E-state index in [4.69, 9.17) is 10.5 Å². The SMILES string of the molecule is COc1cccc(C2CC2C(=O)N2CCC(CN)C2)c1. The van der Waals surface area contributed by atoms with Gasteiger partial charge in [-0.25, -0.2) is 0 Å². The molecule has 0 bridgehead atoms. The normalized spacial score (nSPS) is 28.5. The maximum atomic E-state index is 12.5. The molecule has 2 aliphatic rings. The highest BCUT2D eigenvalue weighted by atomic mass is 16.5. The third-order valence-corrected chi connectivity index (χ3v) is 4.56. The maximum absolute atomic E-state index is 12.5. The molecule has 1 aliphatic heterocycles. The average Bonchev–Trinajstić information content (AvgIpc) is 3.15. The summed E-state index contributed by atoms with van der Waals surface area (Å²) in [5.41, 5.74) is 6.91. The second kappa shape index (κ2) is 5.44. The number of methoxy groups -OCH3 is 1. The molecule has 2 fully saturated rings. The maximum Gasteiger partial charge on any atom is 0.226 e. The number of benzene rings is 1. The largest absolute Gasteiger partial charge is 0.497 e. The van der Waals surface area contributed by atoms with E-state index in [2.05, 4.69) is 6.07 Å². The molecule has 1 heterocycles. The summed E-state index contributed by atoms with van der Waals surface area (Å²) in [6.45, 7) is 2.41. The summed E-state index contributed by atoms with van der Waals surface area (Å²) in [5, 5.41) is 0. The van der Waals surface area contributed by atoms with Crippen LogP contribution in [-0.2, 0) is 4.79 Å². The van der Waals surface area contributed by atoms with Crippen molar-refractivity contribution >= 4 is 5.91 Å². The molecule has 3 unspecified atom stereocenters. The van der Waals surface area contributed by atoms with Crippen LogP contribution in [0.25, 0.3) is 0 Å². The van der Waals surface area contributed by atoms with Crippen LogP contribution in [0.15, 0.2) is 24.3 Å². The Kier molecular flexibility index (Phi) is 3.66. The van der Waals surface area contributed by atoms with E-state index in [1.54, 1.807) is 7.11 Å². The molecule has 2 N–H and O–H groups in total. The van der Waals surface area contributed by atoms with Gasteiger partial charge in [-0.3, -0.25) is 4.79 Å². The van der Waals surface area contributed by atoms with E-state index in [0.717, 1.165) is 31.7 Å². The highest BCUT2D eigenvalue weighted by Crippen LogP contribution is 2.49. The Morgan fingerprint density at radius 3 is 3.05 bits per heavy atom. The molecule has 0 radical (unpaired) electrons. The van der Waals surface area contributed by atoms with E-state index < -0.39 is 0 Å².